The van der Waals surface area contributed by atoms with Gasteiger partial charge in [0.1, 0.15) is 5.82 Å². The average molecular weight is 508 g/mol. The van der Waals surface area contributed by atoms with Gasteiger partial charge in [0.15, 0.2) is 4.80 Å². The molecule has 0 bridgehead atoms. The molecule has 0 N–H and O–H groups in total. The standard InChI is InChI=1S/C26H22FN3O3S2/c1-3-16-30-23-15-12-21(27)17-24(23)34-26(30)28-25(31)20-10-13-22(14-11-20)35(32,33)29(4-2)18-19-8-6-5-7-9-19/h1,5-15,17H,4,16,18H2,2H3. The predicted molar refractivity (Wildman–Crippen MR) is 135 cm³/mol. The highest BCUT2D eigenvalue weighted by Gasteiger charge is 2.23. The molecule has 4 rings (SSSR count). The van der Waals surface area contributed by atoms with Gasteiger partial charge < -0.3 is 4.57 Å². The van der Waals surface area contributed by atoms with Gasteiger partial charge in [0, 0.05) is 18.7 Å². The van der Waals surface area contributed by atoms with Crippen molar-refractivity contribution in [3.63, 3.8) is 0 Å². The van der Waals surface area contributed by atoms with Crippen molar-refractivity contribution in [1.82, 2.24) is 8.87 Å². The topological polar surface area (TPSA) is 71.7 Å². The van der Waals surface area contributed by atoms with E-state index in [1.807, 2.05) is 30.3 Å². The molecule has 3 aromatic carbocycles. The van der Waals surface area contributed by atoms with Crippen LogP contribution in [0, 0.1) is 18.2 Å². The number of benzene rings is 3. The monoisotopic (exact) mass is 507 g/mol. The van der Waals surface area contributed by atoms with E-state index in [1.165, 1.54) is 40.7 Å². The van der Waals surface area contributed by atoms with Crippen LogP contribution in [0.3, 0.4) is 0 Å². The molecule has 0 unspecified atom stereocenters. The van der Waals surface area contributed by atoms with Crippen molar-refractivity contribution >= 4 is 37.5 Å². The lowest BCUT2D eigenvalue weighted by molar-refractivity contribution is 0.0998. The minimum absolute atomic E-state index is 0.0894. The Morgan fingerprint density at radius 2 is 1.83 bits per heavy atom. The van der Waals surface area contributed by atoms with Gasteiger partial charge in [-0.25, -0.2) is 12.8 Å². The van der Waals surface area contributed by atoms with Crippen LogP contribution in [0.25, 0.3) is 10.2 Å². The number of halogens is 1. The number of rotatable bonds is 7. The smallest absolute Gasteiger partial charge is 0.279 e. The van der Waals surface area contributed by atoms with E-state index in [4.69, 9.17) is 6.42 Å². The Kier molecular flexibility index (Phi) is 7.26. The van der Waals surface area contributed by atoms with Crippen LogP contribution in [0.5, 0.6) is 0 Å². The summed E-state index contributed by atoms with van der Waals surface area (Å²) >= 11 is 1.15. The van der Waals surface area contributed by atoms with Crippen molar-refractivity contribution in [2.24, 2.45) is 4.99 Å². The third-order valence-corrected chi connectivity index (χ3v) is 8.36. The summed E-state index contributed by atoms with van der Waals surface area (Å²) in [6, 6.07) is 19.3. The Balaban J connectivity index is 1.62. The number of fused-ring (bicyclic) bond motifs is 1. The van der Waals surface area contributed by atoms with Crippen molar-refractivity contribution in [2.75, 3.05) is 6.54 Å². The highest BCUT2D eigenvalue weighted by Crippen LogP contribution is 2.21. The zero-order valence-corrected chi connectivity index (χ0v) is 20.5. The van der Waals surface area contributed by atoms with Crippen molar-refractivity contribution in [1.29, 1.82) is 0 Å². The fourth-order valence-corrected chi connectivity index (χ4v) is 6.09. The van der Waals surface area contributed by atoms with E-state index in [0.717, 1.165) is 16.9 Å². The lowest BCUT2D eigenvalue weighted by Crippen LogP contribution is -2.30. The molecule has 6 nitrogen and oxygen atoms in total. The zero-order chi connectivity index (χ0) is 25.0. The zero-order valence-electron chi connectivity index (χ0n) is 18.9. The highest BCUT2D eigenvalue weighted by atomic mass is 32.2. The second-order valence-corrected chi connectivity index (χ2v) is 10.6. The Hall–Kier alpha value is -3.58. The van der Waals surface area contributed by atoms with Gasteiger partial charge in [-0.2, -0.15) is 9.30 Å². The van der Waals surface area contributed by atoms with Crippen LogP contribution < -0.4 is 4.80 Å². The van der Waals surface area contributed by atoms with Gasteiger partial charge in [-0.3, -0.25) is 4.79 Å². The van der Waals surface area contributed by atoms with Gasteiger partial charge in [0.25, 0.3) is 5.91 Å². The van der Waals surface area contributed by atoms with E-state index in [-0.39, 0.29) is 23.5 Å². The summed E-state index contributed by atoms with van der Waals surface area (Å²) in [6.07, 6.45) is 5.47. The normalized spacial score (nSPS) is 12.2. The molecule has 0 aliphatic carbocycles. The van der Waals surface area contributed by atoms with E-state index >= 15 is 0 Å². The first kappa shape index (κ1) is 24.5. The highest BCUT2D eigenvalue weighted by molar-refractivity contribution is 7.89. The molecule has 0 fully saturated rings. The fourth-order valence-electron chi connectivity index (χ4n) is 3.60. The number of carbonyl (C=O) groups excluding carboxylic acids is 1. The molecule has 1 amide bonds. The number of sulfonamides is 1. The summed E-state index contributed by atoms with van der Waals surface area (Å²) in [6.45, 7) is 2.50. The number of thiazole rings is 1. The molecule has 9 heteroatoms. The number of aromatic nitrogens is 1. The summed E-state index contributed by atoms with van der Waals surface area (Å²) in [5, 5.41) is 0. The SMILES string of the molecule is C#CCn1c(=NC(=O)c2ccc(S(=O)(=O)N(CC)Cc3ccccc3)cc2)sc2cc(F)ccc21. The Labute approximate surface area is 207 Å². The number of carbonyl (C=O) groups is 1. The first-order chi connectivity index (χ1) is 16.8. The van der Waals surface area contributed by atoms with E-state index in [1.54, 1.807) is 17.6 Å². The first-order valence-electron chi connectivity index (χ1n) is 10.8. The molecule has 0 radical (unpaired) electrons. The summed E-state index contributed by atoms with van der Waals surface area (Å²) in [5.41, 5.74) is 1.79. The molecule has 1 heterocycles. The third kappa shape index (κ3) is 5.25. The van der Waals surface area contributed by atoms with Crippen molar-refractivity contribution < 1.29 is 17.6 Å². The molecule has 4 aromatic rings. The Morgan fingerprint density at radius 3 is 2.49 bits per heavy atom. The Morgan fingerprint density at radius 1 is 1.11 bits per heavy atom. The maximum Gasteiger partial charge on any atom is 0.279 e. The van der Waals surface area contributed by atoms with Crippen LogP contribution in [-0.4, -0.2) is 29.7 Å². The van der Waals surface area contributed by atoms with Crippen molar-refractivity contribution in [3.8, 4) is 12.3 Å². The average Bonchev–Trinajstić information content (AvgIpc) is 3.19. The molecule has 0 aliphatic rings. The molecule has 1 aromatic heterocycles. The minimum Gasteiger partial charge on any atom is -0.305 e. The van der Waals surface area contributed by atoms with Crippen LogP contribution in [-0.2, 0) is 23.1 Å². The van der Waals surface area contributed by atoms with Crippen LogP contribution in [0.1, 0.15) is 22.8 Å². The second kappa shape index (κ2) is 10.4. The first-order valence-corrected chi connectivity index (χ1v) is 13.0. The summed E-state index contributed by atoms with van der Waals surface area (Å²) < 4.78 is 43.6. The minimum atomic E-state index is -3.75. The van der Waals surface area contributed by atoms with Gasteiger partial charge in [0.2, 0.25) is 10.0 Å². The summed E-state index contributed by atoms with van der Waals surface area (Å²) in [5.74, 6) is 1.57. The number of hydrogen-bond acceptors (Lipinski definition) is 4. The van der Waals surface area contributed by atoms with Gasteiger partial charge in [-0.1, -0.05) is 54.5 Å². The predicted octanol–water partition coefficient (Wildman–Crippen LogP) is 4.43. The molecular weight excluding hydrogens is 485 g/mol. The van der Waals surface area contributed by atoms with E-state index in [0.29, 0.717) is 21.6 Å². The molecular formula is C26H22FN3O3S2. The molecule has 0 saturated heterocycles. The number of amides is 1. The summed E-state index contributed by atoms with van der Waals surface area (Å²) in [7, 11) is -3.75. The molecule has 178 valence electrons. The van der Waals surface area contributed by atoms with Gasteiger partial charge >= 0.3 is 0 Å². The van der Waals surface area contributed by atoms with Crippen molar-refractivity contribution in [3.05, 3.63) is 94.5 Å². The quantitative estimate of drug-likeness (QED) is 0.348. The molecule has 0 atom stereocenters. The largest absolute Gasteiger partial charge is 0.305 e. The molecule has 0 saturated carbocycles. The maximum atomic E-state index is 13.6. The van der Waals surface area contributed by atoms with Crippen LogP contribution >= 0.6 is 11.3 Å². The number of hydrogen-bond donors (Lipinski definition) is 0. The molecule has 0 spiro atoms. The van der Waals surface area contributed by atoms with E-state index in [9.17, 15) is 17.6 Å². The lowest BCUT2D eigenvalue weighted by atomic mass is 10.2. The van der Waals surface area contributed by atoms with Gasteiger partial charge in [0.05, 0.1) is 21.7 Å². The maximum absolute atomic E-state index is 13.6. The van der Waals surface area contributed by atoms with Crippen molar-refractivity contribution in [2.45, 2.75) is 24.9 Å². The number of terminal acetylenes is 1. The molecule has 35 heavy (non-hydrogen) atoms. The van der Waals surface area contributed by atoms with E-state index in [2.05, 4.69) is 10.9 Å². The number of nitrogens with zero attached hydrogens (tertiary/aromatic N) is 3. The van der Waals surface area contributed by atoms with Gasteiger partial charge in [-0.15, -0.1) is 6.42 Å². The summed E-state index contributed by atoms with van der Waals surface area (Å²) in [4.78, 5) is 17.5. The Bertz CT molecular complexity index is 1580. The second-order valence-electron chi connectivity index (χ2n) is 7.65. The fraction of sp³-hybridized carbons (Fsp3) is 0.154. The van der Waals surface area contributed by atoms with Crippen LogP contribution in [0.15, 0.2) is 82.7 Å². The van der Waals surface area contributed by atoms with Crippen LogP contribution in [0.2, 0.25) is 0 Å². The molecule has 0 aliphatic heterocycles. The van der Waals surface area contributed by atoms with E-state index < -0.39 is 21.7 Å². The van der Waals surface area contributed by atoms with Gasteiger partial charge in [-0.05, 0) is 48.0 Å². The third-order valence-electron chi connectivity index (χ3n) is 5.38. The van der Waals surface area contributed by atoms with Crippen LogP contribution in [0.4, 0.5) is 4.39 Å². The lowest BCUT2D eigenvalue weighted by Gasteiger charge is -2.20.